The first-order chi connectivity index (χ1) is 13.1. The first-order valence-corrected chi connectivity index (χ1v) is 8.84. The fraction of sp³-hybridized carbons (Fsp3) is 0.350. The molecule has 0 radical (unpaired) electrons. The molecule has 0 unspecified atom stereocenters. The molecular formula is C20H24N4O3. The molecule has 0 aliphatic carbocycles. The minimum atomic E-state index is 0.0157. The van der Waals surface area contributed by atoms with Gasteiger partial charge in [-0.25, -0.2) is 4.98 Å². The van der Waals surface area contributed by atoms with Crippen LogP contribution >= 0.6 is 0 Å². The summed E-state index contributed by atoms with van der Waals surface area (Å²) in [5.41, 5.74) is 0.964. The highest BCUT2D eigenvalue weighted by Crippen LogP contribution is 2.19. The average molecular weight is 368 g/mol. The smallest absolute Gasteiger partial charge is 0.246 e. The summed E-state index contributed by atoms with van der Waals surface area (Å²) in [4.78, 5) is 25.1. The molecule has 27 heavy (non-hydrogen) atoms. The van der Waals surface area contributed by atoms with Gasteiger partial charge < -0.3 is 19.3 Å². The lowest BCUT2D eigenvalue weighted by atomic mass is 10.2. The fourth-order valence-corrected chi connectivity index (χ4v) is 2.94. The van der Waals surface area contributed by atoms with Crippen LogP contribution in [0.25, 0.3) is 6.08 Å². The first-order valence-electron chi connectivity index (χ1n) is 8.84. The zero-order valence-electron chi connectivity index (χ0n) is 15.9. The Balaban J connectivity index is 1.57. The van der Waals surface area contributed by atoms with Crippen molar-refractivity contribution in [2.45, 2.75) is 6.92 Å². The number of rotatable bonds is 5. The third-order valence-corrected chi connectivity index (χ3v) is 4.46. The number of benzene rings is 1. The summed E-state index contributed by atoms with van der Waals surface area (Å²) in [5.74, 6) is 2.87. The van der Waals surface area contributed by atoms with Gasteiger partial charge in [0.25, 0.3) is 0 Å². The second-order valence-corrected chi connectivity index (χ2v) is 6.23. The SMILES string of the molecule is COc1ccc(/C=C/C(=O)N2CCN(c3cc(OC)nc(C)n3)CC2)cc1. The largest absolute Gasteiger partial charge is 0.497 e. The molecule has 7 heteroatoms. The van der Waals surface area contributed by atoms with Gasteiger partial charge in [0.05, 0.1) is 14.2 Å². The predicted octanol–water partition coefficient (Wildman–Crippen LogP) is 2.16. The van der Waals surface area contributed by atoms with E-state index in [0.29, 0.717) is 24.8 Å². The van der Waals surface area contributed by atoms with Crippen molar-refractivity contribution in [2.75, 3.05) is 45.3 Å². The van der Waals surface area contributed by atoms with E-state index in [0.717, 1.165) is 30.2 Å². The number of aryl methyl sites for hydroxylation is 1. The maximum atomic E-state index is 12.4. The Morgan fingerprint density at radius 1 is 1.04 bits per heavy atom. The standard InChI is InChI=1S/C20H24N4O3/c1-15-21-18(14-19(22-15)27-3)23-10-12-24(13-11-23)20(25)9-6-16-4-7-17(26-2)8-5-16/h4-9,14H,10-13H2,1-3H3/b9-6+. The number of piperazine rings is 1. The van der Waals surface area contributed by atoms with Gasteiger partial charge in [-0.05, 0) is 30.7 Å². The molecule has 1 aliphatic rings. The van der Waals surface area contributed by atoms with Crippen LogP contribution in [0.2, 0.25) is 0 Å². The molecule has 1 saturated heterocycles. The Labute approximate surface area is 159 Å². The molecule has 1 amide bonds. The Morgan fingerprint density at radius 3 is 2.37 bits per heavy atom. The number of hydrogen-bond donors (Lipinski definition) is 0. The third kappa shape index (κ3) is 4.75. The van der Waals surface area contributed by atoms with Crippen molar-refractivity contribution in [3.05, 3.63) is 47.8 Å². The lowest BCUT2D eigenvalue weighted by Crippen LogP contribution is -2.48. The van der Waals surface area contributed by atoms with Crippen molar-refractivity contribution < 1.29 is 14.3 Å². The number of carbonyl (C=O) groups excluding carboxylic acids is 1. The molecule has 2 heterocycles. The molecular weight excluding hydrogens is 344 g/mol. The summed E-state index contributed by atoms with van der Waals surface area (Å²) in [6.07, 6.45) is 3.45. The van der Waals surface area contributed by atoms with Crippen LogP contribution in [0.3, 0.4) is 0 Å². The van der Waals surface area contributed by atoms with E-state index in [9.17, 15) is 4.79 Å². The van der Waals surface area contributed by atoms with Crippen LogP contribution in [0.1, 0.15) is 11.4 Å². The summed E-state index contributed by atoms with van der Waals surface area (Å²) in [6, 6.07) is 9.42. The van der Waals surface area contributed by atoms with E-state index >= 15 is 0 Å². The van der Waals surface area contributed by atoms with Crippen LogP contribution in [-0.4, -0.2) is 61.2 Å². The topological polar surface area (TPSA) is 67.8 Å². The van der Waals surface area contributed by atoms with Gasteiger partial charge in [-0.15, -0.1) is 0 Å². The van der Waals surface area contributed by atoms with Crippen molar-refractivity contribution in [1.82, 2.24) is 14.9 Å². The second kappa shape index (κ2) is 8.53. The normalized spacial score (nSPS) is 14.5. The van der Waals surface area contributed by atoms with Crippen LogP contribution < -0.4 is 14.4 Å². The minimum absolute atomic E-state index is 0.0157. The Bertz CT molecular complexity index is 812. The first kappa shape index (κ1) is 18.7. The number of ether oxygens (including phenoxy) is 2. The molecule has 1 fully saturated rings. The molecule has 3 rings (SSSR count). The molecule has 0 N–H and O–H groups in total. The van der Waals surface area contributed by atoms with Crippen molar-refractivity contribution in [2.24, 2.45) is 0 Å². The van der Waals surface area contributed by atoms with Gasteiger partial charge in [0, 0.05) is 38.3 Å². The van der Waals surface area contributed by atoms with Crippen molar-refractivity contribution in [3.8, 4) is 11.6 Å². The van der Waals surface area contributed by atoms with Gasteiger partial charge in [0.15, 0.2) is 0 Å². The molecule has 2 aromatic rings. The molecule has 7 nitrogen and oxygen atoms in total. The number of anilines is 1. The zero-order valence-corrected chi connectivity index (χ0v) is 15.9. The maximum Gasteiger partial charge on any atom is 0.246 e. The van der Waals surface area contributed by atoms with Crippen LogP contribution in [-0.2, 0) is 4.79 Å². The van der Waals surface area contributed by atoms with E-state index in [1.165, 1.54) is 0 Å². The maximum absolute atomic E-state index is 12.4. The lowest BCUT2D eigenvalue weighted by molar-refractivity contribution is -0.126. The van der Waals surface area contributed by atoms with Gasteiger partial charge in [0.1, 0.15) is 17.4 Å². The van der Waals surface area contributed by atoms with E-state index in [2.05, 4.69) is 14.9 Å². The molecule has 1 aliphatic heterocycles. The number of aromatic nitrogens is 2. The molecule has 1 aromatic carbocycles. The number of nitrogens with zero attached hydrogens (tertiary/aromatic N) is 4. The molecule has 0 atom stereocenters. The lowest BCUT2D eigenvalue weighted by Gasteiger charge is -2.35. The molecule has 0 spiro atoms. The highest BCUT2D eigenvalue weighted by Gasteiger charge is 2.21. The van der Waals surface area contributed by atoms with E-state index in [1.54, 1.807) is 20.3 Å². The number of methoxy groups -OCH3 is 2. The van der Waals surface area contributed by atoms with Gasteiger partial charge >= 0.3 is 0 Å². The zero-order chi connectivity index (χ0) is 19.2. The van der Waals surface area contributed by atoms with E-state index in [4.69, 9.17) is 9.47 Å². The van der Waals surface area contributed by atoms with Crippen molar-refractivity contribution in [1.29, 1.82) is 0 Å². The van der Waals surface area contributed by atoms with Crippen LogP contribution in [0.4, 0.5) is 5.82 Å². The summed E-state index contributed by atoms with van der Waals surface area (Å²) in [6.45, 7) is 4.59. The number of amides is 1. The number of carbonyl (C=O) groups is 1. The third-order valence-electron chi connectivity index (χ3n) is 4.46. The fourth-order valence-electron chi connectivity index (χ4n) is 2.94. The highest BCUT2D eigenvalue weighted by atomic mass is 16.5. The molecule has 0 bridgehead atoms. The minimum Gasteiger partial charge on any atom is -0.497 e. The van der Waals surface area contributed by atoms with Gasteiger partial charge in [0.2, 0.25) is 11.8 Å². The van der Waals surface area contributed by atoms with E-state index in [1.807, 2.05) is 48.2 Å². The Kier molecular flexibility index (Phi) is 5.90. The van der Waals surface area contributed by atoms with Gasteiger partial charge in [-0.1, -0.05) is 12.1 Å². The summed E-state index contributed by atoms with van der Waals surface area (Å²) in [7, 11) is 3.23. The summed E-state index contributed by atoms with van der Waals surface area (Å²) >= 11 is 0. The van der Waals surface area contributed by atoms with E-state index in [-0.39, 0.29) is 5.91 Å². The van der Waals surface area contributed by atoms with Crippen LogP contribution in [0.5, 0.6) is 11.6 Å². The molecule has 142 valence electrons. The summed E-state index contributed by atoms with van der Waals surface area (Å²) < 4.78 is 10.4. The average Bonchev–Trinajstić information content (AvgIpc) is 2.72. The van der Waals surface area contributed by atoms with Crippen molar-refractivity contribution >= 4 is 17.8 Å². The monoisotopic (exact) mass is 368 g/mol. The number of hydrogen-bond acceptors (Lipinski definition) is 6. The van der Waals surface area contributed by atoms with Gasteiger partial charge in [-0.2, -0.15) is 4.98 Å². The molecule has 0 saturated carbocycles. The predicted molar refractivity (Wildman–Crippen MR) is 104 cm³/mol. The van der Waals surface area contributed by atoms with Gasteiger partial charge in [-0.3, -0.25) is 4.79 Å². The highest BCUT2D eigenvalue weighted by molar-refractivity contribution is 5.92. The van der Waals surface area contributed by atoms with Crippen LogP contribution in [0.15, 0.2) is 36.4 Å². The van der Waals surface area contributed by atoms with Crippen molar-refractivity contribution in [3.63, 3.8) is 0 Å². The summed E-state index contributed by atoms with van der Waals surface area (Å²) in [5, 5.41) is 0. The quantitative estimate of drug-likeness (QED) is 0.754. The van der Waals surface area contributed by atoms with Crippen LogP contribution in [0, 0.1) is 6.92 Å². The van der Waals surface area contributed by atoms with E-state index < -0.39 is 0 Å². The Morgan fingerprint density at radius 2 is 1.74 bits per heavy atom. The molecule has 1 aromatic heterocycles. The second-order valence-electron chi connectivity index (χ2n) is 6.23. The Hall–Kier alpha value is -3.09.